The highest BCUT2D eigenvalue weighted by Crippen LogP contribution is 2.26. The molecule has 3 rings (SSSR count). The van der Waals surface area contributed by atoms with Crippen LogP contribution in [0.15, 0.2) is 59.6 Å². The van der Waals surface area contributed by atoms with Gasteiger partial charge in [-0.3, -0.25) is 0 Å². The fourth-order valence-corrected chi connectivity index (χ4v) is 2.02. The van der Waals surface area contributed by atoms with Crippen LogP contribution >= 0.6 is 0 Å². The van der Waals surface area contributed by atoms with E-state index in [0.29, 0.717) is 5.90 Å². The molecule has 0 aromatic heterocycles. The van der Waals surface area contributed by atoms with E-state index in [-0.39, 0.29) is 5.97 Å². The molecule has 1 unspecified atom stereocenters. The average molecular weight is 251 g/mol. The van der Waals surface area contributed by atoms with E-state index in [9.17, 15) is 4.79 Å². The lowest BCUT2D eigenvalue weighted by atomic mass is 10.1. The molecule has 0 bridgehead atoms. The molecule has 0 saturated heterocycles. The van der Waals surface area contributed by atoms with Gasteiger partial charge in [-0.1, -0.05) is 48.0 Å². The number of aryl methyl sites for hydroxylation is 1. The molecule has 2 aromatic rings. The normalized spacial score (nSPS) is 18.1. The molecule has 1 aliphatic rings. The van der Waals surface area contributed by atoms with Gasteiger partial charge in [-0.25, -0.2) is 9.79 Å². The molecular weight excluding hydrogens is 238 g/mol. The highest BCUT2D eigenvalue weighted by Gasteiger charge is 2.30. The number of esters is 1. The van der Waals surface area contributed by atoms with Gasteiger partial charge >= 0.3 is 5.97 Å². The molecule has 1 heterocycles. The van der Waals surface area contributed by atoms with Crippen LogP contribution in [0.2, 0.25) is 0 Å². The van der Waals surface area contributed by atoms with Crippen molar-refractivity contribution >= 4 is 11.9 Å². The number of carbonyl (C=O) groups is 1. The molecule has 0 spiro atoms. The smallest absolute Gasteiger partial charge is 0.342 e. The molecule has 1 aliphatic heterocycles. The van der Waals surface area contributed by atoms with Gasteiger partial charge in [0, 0.05) is 5.56 Å². The lowest BCUT2D eigenvalue weighted by molar-refractivity contribution is -0.135. The zero-order valence-electron chi connectivity index (χ0n) is 10.5. The number of rotatable bonds is 2. The minimum absolute atomic E-state index is 0.318. The van der Waals surface area contributed by atoms with Crippen molar-refractivity contribution in [3.8, 4) is 0 Å². The van der Waals surface area contributed by atoms with Crippen molar-refractivity contribution in [1.82, 2.24) is 0 Å². The molecule has 19 heavy (non-hydrogen) atoms. The Kier molecular flexibility index (Phi) is 2.88. The maximum Gasteiger partial charge on any atom is 0.342 e. The lowest BCUT2D eigenvalue weighted by Crippen LogP contribution is -2.08. The minimum atomic E-state index is -0.544. The number of hydrogen-bond donors (Lipinski definition) is 0. The third-order valence-corrected chi connectivity index (χ3v) is 3.08. The van der Waals surface area contributed by atoms with E-state index in [2.05, 4.69) is 4.99 Å². The van der Waals surface area contributed by atoms with Gasteiger partial charge in [-0.05, 0) is 24.6 Å². The van der Waals surface area contributed by atoms with Crippen LogP contribution in [0.25, 0.3) is 0 Å². The summed E-state index contributed by atoms with van der Waals surface area (Å²) < 4.78 is 5.27. The summed E-state index contributed by atoms with van der Waals surface area (Å²) >= 11 is 0. The Morgan fingerprint density at radius 2 is 1.68 bits per heavy atom. The quantitative estimate of drug-likeness (QED) is 0.769. The number of cyclic esters (lactones) is 1. The summed E-state index contributed by atoms with van der Waals surface area (Å²) in [5, 5.41) is 0. The average Bonchev–Trinajstić information content (AvgIpc) is 2.83. The fraction of sp³-hybridized carbons (Fsp3) is 0.125. The molecular formula is C16H13NO2. The lowest BCUT2D eigenvalue weighted by Gasteiger charge is -2.01. The van der Waals surface area contributed by atoms with Crippen molar-refractivity contribution in [2.45, 2.75) is 13.0 Å². The Morgan fingerprint density at radius 3 is 2.37 bits per heavy atom. The van der Waals surface area contributed by atoms with Crippen molar-refractivity contribution in [2.24, 2.45) is 4.99 Å². The van der Waals surface area contributed by atoms with Gasteiger partial charge in [0.15, 0.2) is 6.04 Å². The minimum Gasteiger partial charge on any atom is -0.405 e. The summed E-state index contributed by atoms with van der Waals surface area (Å²) in [6.45, 7) is 2.01. The van der Waals surface area contributed by atoms with Crippen molar-refractivity contribution in [1.29, 1.82) is 0 Å². The molecule has 0 amide bonds. The molecule has 1 atom stereocenters. The second kappa shape index (κ2) is 4.69. The maximum absolute atomic E-state index is 11.9. The van der Waals surface area contributed by atoms with E-state index in [0.717, 1.165) is 16.7 Å². The Morgan fingerprint density at radius 1 is 1.00 bits per heavy atom. The molecule has 94 valence electrons. The van der Waals surface area contributed by atoms with Crippen LogP contribution in [0.1, 0.15) is 22.7 Å². The molecule has 0 radical (unpaired) electrons. The Hall–Kier alpha value is -2.42. The molecule has 0 aliphatic carbocycles. The number of hydrogen-bond acceptors (Lipinski definition) is 3. The maximum atomic E-state index is 11.9. The van der Waals surface area contributed by atoms with Crippen LogP contribution in [0.3, 0.4) is 0 Å². The van der Waals surface area contributed by atoms with E-state index < -0.39 is 6.04 Å². The number of ether oxygens (including phenoxy) is 1. The number of nitrogens with zero attached hydrogens (tertiary/aromatic N) is 1. The van der Waals surface area contributed by atoms with Gasteiger partial charge in [0.1, 0.15) is 0 Å². The monoisotopic (exact) mass is 251 g/mol. The molecule has 0 fully saturated rings. The molecule has 2 aromatic carbocycles. The summed E-state index contributed by atoms with van der Waals surface area (Å²) in [5.41, 5.74) is 2.85. The highest BCUT2D eigenvalue weighted by molar-refractivity contribution is 6.06. The SMILES string of the molecule is Cc1ccc(C2=NC(c3ccccc3)C(=O)O2)cc1. The van der Waals surface area contributed by atoms with Gasteiger partial charge in [0.25, 0.3) is 0 Å². The predicted octanol–water partition coefficient (Wildman–Crippen LogP) is 3.04. The van der Waals surface area contributed by atoms with Crippen molar-refractivity contribution < 1.29 is 9.53 Å². The number of carbonyl (C=O) groups excluding carboxylic acids is 1. The van der Waals surface area contributed by atoms with Crippen molar-refractivity contribution in [3.63, 3.8) is 0 Å². The standard InChI is InChI=1S/C16H13NO2/c1-11-7-9-13(10-8-11)15-17-14(16(18)19-15)12-5-3-2-4-6-12/h2-10,14H,1H3. The molecule has 0 N–H and O–H groups in total. The first kappa shape index (κ1) is 11.7. The van der Waals surface area contributed by atoms with Gasteiger partial charge in [0.05, 0.1) is 0 Å². The second-order valence-electron chi connectivity index (χ2n) is 4.53. The van der Waals surface area contributed by atoms with E-state index in [1.165, 1.54) is 0 Å². The van der Waals surface area contributed by atoms with E-state index in [1.807, 2.05) is 61.5 Å². The fourth-order valence-electron chi connectivity index (χ4n) is 2.02. The van der Waals surface area contributed by atoms with Crippen LogP contribution in [-0.2, 0) is 9.53 Å². The Balaban J connectivity index is 1.93. The van der Waals surface area contributed by atoms with Gasteiger partial charge in [-0.15, -0.1) is 0 Å². The largest absolute Gasteiger partial charge is 0.405 e. The molecule has 0 saturated carbocycles. The second-order valence-corrected chi connectivity index (χ2v) is 4.53. The van der Waals surface area contributed by atoms with E-state index >= 15 is 0 Å². The Bertz CT molecular complexity index is 630. The first-order valence-corrected chi connectivity index (χ1v) is 6.15. The van der Waals surface area contributed by atoms with E-state index in [4.69, 9.17) is 4.74 Å². The van der Waals surface area contributed by atoms with Gasteiger partial charge in [0.2, 0.25) is 5.90 Å². The van der Waals surface area contributed by atoms with Crippen molar-refractivity contribution in [2.75, 3.05) is 0 Å². The summed E-state index contributed by atoms with van der Waals surface area (Å²) in [4.78, 5) is 16.3. The first-order valence-electron chi connectivity index (χ1n) is 6.15. The zero-order chi connectivity index (χ0) is 13.2. The highest BCUT2D eigenvalue weighted by atomic mass is 16.6. The number of benzene rings is 2. The Labute approximate surface area is 111 Å². The van der Waals surface area contributed by atoms with Crippen LogP contribution in [0.4, 0.5) is 0 Å². The first-order chi connectivity index (χ1) is 9.24. The summed E-state index contributed by atoms with van der Waals surface area (Å²) in [7, 11) is 0. The summed E-state index contributed by atoms with van der Waals surface area (Å²) in [5.74, 6) is 0.0839. The van der Waals surface area contributed by atoms with Crippen LogP contribution in [0.5, 0.6) is 0 Å². The zero-order valence-corrected chi connectivity index (χ0v) is 10.5. The third kappa shape index (κ3) is 2.27. The van der Waals surface area contributed by atoms with Crippen molar-refractivity contribution in [3.05, 3.63) is 71.3 Å². The topological polar surface area (TPSA) is 38.7 Å². The predicted molar refractivity (Wildman–Crippen MR) is 73.0 cm³/mol. The third-order valence-electron chi connectivity index (χ3n) is 3.08. The molecule has 3 nitrogen and oxygen atoms in total. The molecule has 3 heteroatoms. The van der Waals surface area contributed by atoms with E-state index in [1.54, 1.807) is 0 Å². The van der Waals surface area contributed by atoms with Crippen LogP contribution in [0, 0.1) is 6.92 Å². The number of aliphatic imine (C=N–C) groups is 1. The summed E-state index contributed by atoms with van der Waals surface area (Å²) in [6, 6.07) is 16.7. The van der Waals surface area contributed by atoms with Crippen LogP contribution < -0.4 is 0 Å². The van der Waals surface area contributed by atoms with Crippen LogP contribution in [-0.4, -0.2) is 11.9 Å². The van der Waals surface area contributed by atoms with Gasteiger partial charge in [-0.2, -0.15) is 0 Å². The summed E-state index contributed by atoms with van der Waals surface area (Å²) in [6.07, 6.45) is 0. The van der Waals surface area contributed by atoms with Gasteiger partial charge < -0.3 is 4.74 Å².